The topological polar surface area (TPSA) is 42.7 Å². The van der Waals surface area contributed by atoms with Crippen LogP contribution < -0.4 is 5.32 Å². The molecule has 1 aliphatic rings. The maximum Gasteiger partial charge on any atom is 0.222 e. The fourth-order valence-corrected chi connectivity index (χ4v) is 3.72. The molecule has 1 aliphatic heterocycles. The van der Waals surface area contributed by atoms with Crippen molar-refractivity contribution in [3.05, 3.63) is 76.6 Å². The number of hydrogen-bond donors (Lipinski definition) is 1. The van der Waals surface area contributed by atoms with Crippen LogP contribution in [0.4, 0.5) is 5.95 Å². The van der Waals surface area contributed by atoms with Crippen LogP contribution >= 0.6 is 11.6 Å². The molecule has 1 aromatic heterocycles. The summed E-state index contributed by atoms with van der Waals surface area (Å²) in [6.07, 6.45) is 2.47. The molecule has 0 saturated carbocycles. The Balaban J connectivity index is 1.70. The van der Waals surface area contributed by atoms with Crippen molar-refractivity contribution in [2.75, 3.05) is 5.32 Å². The lowest BCUT2D eigenvalue weighted by Crippen LogP contribution is -2.28. The van der Waals surface area contributed by atoms with Crippen molar-refractivity contribution < 1.29 is 0 Å². The summed E-state index contributed by atoms with van der Waals surface area (Å²) in [7, 11) is 0. The first kappa shape index (κ1) is 16.2. The molecule has 0 saturated heterocycles. The van der Waals surface area contributed by atoms with E-state index in [4.69, 9.17) is 11.6 Å². The lowest BCUT2D eigenvalue weighted by molar-refractivity contribution is 0.431. The fourth-order valence-electron chi connectivity index (χ4n) is 3.46. The van der Waals surface area contributed by atoms with Gasteiger partial charge in [0.15, 0.2) is 0 Å². The molecule has 3 aromatic rings. The third-order valence-corrected chi connectivity index (χ3v) is 5.24. The minimum Gasteiger partial charge on any atom is -0.348 e. The van der Waals surface area contributed by atoms with Gasteiger partial charge in [-0.2, -0.15) is 10.1 Å². The number of nitrogens with one attached hydrogen (secondary N) is 1. The summed E-state index contributed by atoms with van der Waals surface area (Å²) in [4.78, 5) is 4.38. The first-order valence-corrected chi connectivity index (χ1v) is 9.01. The summed E-state index contributed by atoms with van der Waals surface area (Å²) in [5.74, 6) is 1.32. The largest absolute Gasteiger partial charge is 0.348 e. The molecular formula is C20H21ClN4. The molecule has 2 aromatic carbocycles. The standard InChI is InChI=1S/C20H21ClN4/c1-13(2)14-7-9-15(10-8-14)18-11-19(16-5-3-4-6-17(16)21)25-20(24-18)22-12-23-25/h3-10,12-13,18-19H,11H2,1-2H3,(H,22,23,24)/t18-,19-/m1/s1. The fraction of sp³-hybridized carbons (Fsp3) is 0.300. The van der Waals surface area contributed by atoms with Gasteiger partial charge in [-0.1, -0.05) is 67.9 Å². The average molecular weight is 353 g/mol. The van der Waals surface area contributed by atoms with Gasteiger partial charge in [-0.3, -0.25) is 0 Å². The van der Waals surface area contributed by atoms with Gasteiger partial charge < -0.3 is 5.32 Å². The van der Waals surface area contributed by atoms with E-state index in [1.807, 2.05) is 22.9 Å². The monoisotopic (exact) mass is 352 g/mol. The Kier molecular flexibility index (Phi) is 4.22. The van der Waals surface area contributed by atoms with E-state index in [1.54, 1.807) is 6.33 Å². The SMILES string of the molecule is CC(C)c1ccc([C@H]2C[C@H](c3ccccc3Cl)n3ncnc3N2)cc1. The van der Waals surface area contributed by atoms with E-state index >= 15 is 0 Å². The summed E-state index contributed by atoms with van der Waals surface area (Å²) in [5.41, 5.74) is 3.70. The van der Waals surface area contributed by atoms with Crippen molar-refractivity contribution in [1.82, 2.24) is 14.8 Å². The molecule has 25 heavy (non-hydrogen) atoms. The van der Waals surface area contributed by atoms with E-state index in [9.17, 15) is 0 Å². The minimum absolute atomic E-state index is 0.0715. The zero-order chi connectivity index (χ0) is 17.4. The number of rotatable bonds is 3. The van der Waals surface area contributed by atoms with Gasteiger partial charge in [0.2, 0.25) is 5.95 Å². The van der Waals surface area contributed by atoms with Crippen molar-refractivity contribution in [2.24, 2.45) is 0 Å². The molecular weight excluding hydrogens is 332 g/mol. The van der Waals surface area contributed by atoms with Gasteiger partial charge in [0.05, 0.1) is 12.1 Å². The number of aromatic nitrogens is 3. The highest BCUT2D eigenvalue weighted by Gasteiger charge is 2.30. The van der Waals surface area contributed by atoms with Gasteiger partial charge in [-0.15, -0.1) is 0 Å². The molecule has 0 radical (unpaired) electrons. The van der Waals surface area contributed by atoms with Crippen LogP contribution in [0.25, 0.3) is 0 Å². The third kappa shape index (κ3) is 3.02. The van der Waals surface area contributed by atoms with Crippen LogP contribution in [0.2, 0.25) is 5.02 Å². The summed E-state index contributed by atoms with van der Waals surface area (Å²) >= 11 is 6.46. The normalized spacial score (nSPS) is 19.5. The highest BCUT2D eigenvalue weighted by molar-refractivity contribution is 6.31. The molecule has 4 nitrogen and oxygen atoms in total. The van der Waals surface area contributed by atoms with Crippen molar-refractivity contribution in [1.29, 1.82) is 0 Å². The Morgan fingerprint density at radius 2 is 1.88 bits per heavy atom. The van der Waals surface area contributed by atoms with E-state index in [0.29, 0.717) is 5.92 Å². The van der Waals surface area contributed by atoms with Crippen molar-refractivity contribution in [3.63, 3.8) is 0 Å². The van der Waals surface area contributed by atoms with E-state index in [2.05, 4.69) is 59.6 Å². The Labute approximate surface area is 152 Å². The second-order valence-electron chi connectivity index (χ2n) is 6.82. The van der Waals surface area contributed by atoms with Crippen LogP contribution in [0.15, 0.2) is 54.9 Å². The number of hydrogen-bond acceptors (Lipinski definition) is 3. The number of nitrogens with zero attached hydrogens (tertiary/aromatic N) is 3. The maximum atomic E-state index is 6.46. The van der Waals surface area contributed by atoms with Gasteiger partial charge in [-0.05, 0) is 35.1 Å². The number of anilines is 1. The van der Waals surface area contributed by atoms with E-state index in [0.717, 1.165) is 23.0 Å². The van der Waals surface area contributed by atoms with Gasteiger partial charge in [0.1, 0.15) is 6.33 Å². The summed E-state index contributed by atoms with van der Waals surface area (Å²) in [6.45, 7) is 4.42. The maximum absolute atomic E-state index is 6.46. The van der Waals surface area contributed by atoms with Crippen LogP contribution in [0.3, 0.4) is 0 Å². The van der Waals surface area contributed by atoms with Crippen molar-refractivity contribution in [3.8, 4) is 0 Å². The molecule has 5 heteroatoms. The predicted octanol–water partition coefficient (Wildman–Crippen LogP) is 5.20. The lowest BCUT2D eigenvalue weighted by Gasteiger charge is -2.32. The first-order valence-electron chi connectivity index (χ1n) is 8.64. The van der Waals surface area contributed by atoms with Gasteiger partial charge in [-0.25, -0.2) is 4.68 Å². The minimum atomic E-state index is 0.0715. The lowest BCUT2D eigenvalue weighted by atomic mass is 9.92. The second kappa shape index (κ2) is 6.52. The van der Waals surface area contributed by atoms with Crippen LogP contribution in [0.5, 0.6) is 0 Å². The quantitative estimate of drug-likeness (QED) is 0.704. The van der Waals surface area contributed by atoms with E-state index in [-0.39, 0.29) is 12.1 Å². The average Bonchev–Trinajstić information content (AvgIpc) is 3.10. The van der Waals surface area contributed by atoms with E-state index < -0.39 is 0 Å². The number of halogens is 1. The Morgan fingerprint density at radius 1 is 1.12 bits per heavy atom. The van der Waals surface area contributed by atoms with Crippen LogP contribution in [-0.4, -0.2) is 14.8 Å². The Hall–Kier alpha value is -2.33. The van der Waals surface area contributed by atoms with Gasteiger partial charge in [0.25, 0.3) is 0 Å². The van der Waals surface area contributed by atoms with Crippen molar-refractivity contribution in [2.45, 2.75) is 38.3 Å². The molecule has 4 rings (SSSR count). The molecule has 0 spiro atoms. The van der Waals surface area contributed by atoms with Crippen LogP contribution in [-0.2, 0) is 0 Å². The molecule has 2 heterocycles. The van der Waals surface area contributed by atoms with Gasteiger partial charge >= 0.3 is 0 Å². The van der Waals surface area contributed by atoms with Crippen molar-refractivity contribution >= 4 is 17.5 Å². The molecule has 0 fully saturated rings. The highest BCUT2D eigenvalue weighted by atomic mass is 35.5. The van der Waals surface area contributed by atoms with Crippen LogP contribution in [0, 0.1) is 0 Å². The third-order valence-electron chi connectivity index (χ3n) is 4.90. The second-order valence-corrected chi connectivity index (χ2v) is 7.23. The molecule has 1 N–H and O–H groups in total. The van der Waals surface area contributed by atoms with E-state index in [1.165, 1.54) is 11.1 Å². The molecule has 128 valence electrons. The zero-order valence-corrected chi connectivity index (χ0v) is 15.1. The Morgan fingerprint density at radius 3 is 2.60 bits per heavy atom. The molecule has 2 atom stereocenters. The predicted molar refractivity (Wildman–Crippen MR) is 101 cm³/mol. The molecule has 0 unspecified atom stereocenters. The van der Waals surface area contributed by atoms with Crippen LogP contribution in [0.1, 0.15) is 55.0 Å². The smallest absolute Gasteiger partial charge is 0.222 e. The summed E-state index contributed by atoms with van der Waals surface area (Å²) < 4.78 is 1.93. The molecule has 0 bridgehead atoms. The highest BCUT2D eigenvalue weighted by Crippen LogP contribution is 2.39. The Bertz CT molecular complexity index is 869. The zero-order valence-electron chi connectivity index (χ0n) is 14.4. The molecule has 0 aliphatic carbocycles. The van der Waals surface area contributed by atoms with Gasteiger partial charge in [0, 0.05) is 5.02 Å². The first-order chi connectivity index (χ1) is 12.1. The number of benzene rings is 2. The number of fused-ring (bicyclic) bond motifs is 1. The molecule has 0 amide bonds. The summed E-state index contributed by atoms with van der Waals surface area (Å²) in [5, 5.41) is 8.68. The summed E-state index contributed by atoms with van der Waals surface area (Å²) in [6, 6.07) is 17.1.